The Morgan fingerprint density at radius 1 is 1.41 bits per heavy atom. The van der Waals surface area contributed by atoms with Crippen molar-refractivity contribution in [1.29, 1.82) is 0 Å². The van der Waals surface area contributed by atoms with Crippen molar-refractivity contribution in [1.82, 2.24) is 15.2 Å². The van der Waals surface area contributed by atoms with Crippen LogP contribution in [0.5, 0.6) is 0 Å². The highest BCUT2D eigenvalue weighted by Crippen LogP contribution is 2.33. The Kier molecular flexibility index (Phi) is 3.28. The van der Waals surface area contributed by atoms with E-state index in [1.54, 1.807) is 6.92 Å². The first kappa shape index (κ1) is 11.8. The molecular formula is C10H9F2N3OS. The van der Waals surface area contributed by atoms with Crippen LogP contribution in [0.15, 0.2) is 28.2 Å². The van der Waals surface area contributed by atoms with Crippen molar-refractivity contribution in [2.45, 2.75) is 17.3 Å². The number of rotatable bonds is 3. The molecule has 1 atom stereocenters. The van der Waals surface area contributed by atoms with E-state index in [1.165, 1.54) is 0 Å². The summed E-state index contributed by atoms with van der Waals surface area (Å²) in [5.41, 5.74) is -0.196. The third-order valence-corrected chi connectivity index (χ3v) is 3.19. The first-order valence-corrected chi connectivity index (χ1v) is 5.70. The topological polar surface area (TPSA) is 61.5 Å². The van der Waals surface area contributed by atoms with Crippen molar-refractivity contribution in [2.75, 3.05) is 0 Å². The molecule has 7 heteroatoms. The number of aromatic nitrogens is 3. The van der Waals surface area contributed by atoms with E-state index in [0.29, 0.717) is 5.16 Å². The van der Waals surface area contributed by atoms with Gasteiger partial charge in [0.05, 0.1) is 0 Å². The van der Waals surface area contributed by atoms with Gasteiger partial charge in [0, 0.05) is 10.8 Å². The zero-order chi connectivity index (χ0) is 12.4. The fraction of sp³-hybridized carbons (Fsp3) is 0.200. The van der Waals surface area contributed by atoms with Gasteiger partial charge in [0.25, 0.3) is 0 Å². The van der Waals surface area contributed by atoms with Crippen LogP contribution in [0.1, 0.15) is 17.7 Å². The second kappa shape index (κ2) is 4.70. The van der Waals surface area contributed by atoms with Crippen molar-refractivity contribution >= 4 is 11.8 Å². The second-order valence-corrected chi connectivity index (χ2v) is 4.74. The van der Waals surface area contributed by atoms with Crippen molar-refractivity contribution in [3.63, 3.8) is 0 Å². The van der Waals surface area contributed by atoms with Gasteiger partial charge >= 0.3 is 5.69 Å². The third-order valence-electron chi connectivity index (χ3n) is 2.16. The van der Waals surface area contributed by atoms with Gasteiger partial charge in [-0.3, -0.25) is 4.98 Å². The molecule has 0 bridgehead atoms. The van der Waals surface area contributed by atoms with E-state index < -0.39 is 17.3 Å². The SMILES string of the molecule is C[C@H](Sc1n[nH]c(=O)[nH]1)c1cc(F)ccc1F. The van der Waals surface area contributed by atoms with E-state index in [-0.39, 0.29) is 10.8 Å². The predicted molar refractivity (Wildman–Crippen MR) is 59.8 cm³/mol. The molecule has 0 radical (unpaired) electrons. The summed E-state index contributed by atoms with van der Waals surface area (Å²) in [5.74, 6) is -0.978. The Balaban J connectivity index is 2.22. The summed E-state index contributed by atoms with van der Waals surface area (Å²) in [5, 5.41) is 5.87. The number of aromatic amines is 2. The summed E-state index contributed by atoms with van der Waals surface area (Å²) < 4.78 is 26.4. The number of hydrogen-bond acceptors (Lipinski definition) is 3. The van der Waals surface area contributed by atoms with Crippen molar-refractivity contribution in [3.05, 3.63) is 45.9 Å². The standard InChI is InChI=1S/C10H9F2N3OS/c1-5(17-10-13-9(16)14-15-10)7-4-6(11)2-3-8(7)12/h2-5H,1H3,(H2,13,14,15,16)/t5-/m0/s1. The molecule has 0 saturated carbocycles. The molecule has 0 aliphatic heterocycles. The Morgan fingerprint density at radius 3 is 2.82 bits per heavy atom. The third kappa shape index (κ3) is 2.73. The fourth-order valence-corrected chi connectivity index (χ4v) is 2.26. The molecule has 2 rings (SSSR count). The lowest BCUT2D eigenvalue weighted by Crippen LogP contribution is -2.00. The highest BCUT2D eigenvalue weighted by atomic mass is 32.2. The minimum atomic E-state index is -0.496. The molecular weight excluding hydrogens is 248 g/mol. The lowest BCUT2D eigenvalue weighted by Gasteiger charge is -2.10. The van der Waals surface area contributed by atoms with E-state index in [2.05, 4.69) is 15.2 Å². The average Bonchev–Trinajstić information content (AvgIpc) is 2.67. The molecule has 0 aliphatic carbocycles. The van der Waals surface area contributed by atoms with Gasteiger partial charge in [0.15, 0.2) is 5.16 Å². The van der Waals surface area contributed by atoms with Gasteiger partial charge in [-0.05, 0) is 25.1 Å². The fourth-order valence-electron chi connectivity index (χ4n) is 1.37. The zero-order valence-electron chi connectivity index (χ0n) is 8.83. The first-order valence-electron chi connectivity index (χ1n) is 4.82. The van der Waals surface area contributed by atoms with Gasteiger partial charge < -0.3 is 0 Å². The smallest absolute Gasteiger partial charge is 0.284 e. The second-order valence-electron chi connectivity index (χ2n) is 3.41. The van der Waals surface area contributed by atoms with E-state index in [0.717, 1.165) is 30.0 Å². The molecule has 4 nitrogen and oxygen atoms in total. The first-order chi connectivity index (χ1) is 8.06. The van der Waals surface area contributed by atoms with E-state index in [1.807, 2.05) is 0 Å². The number of thioether (sulfide) groups is 1. The number of nitrogens with one attached hydrogen (secondary N) is 2. The van der Waals surface area contributed by atoms with Crippen LogP contribution in [0.4, 0.5) is 8.78 Å². The maximum absolute atomic E-state index is 13.4. The normalized spacial score (nSPS) is 12.6. The average molecular weight is 257 g/mol. The lowest BCUT2D eigenvalue weighted by molar-refractivity contribution is 0.586. The number of halogens is 2. The van der Waals surface area contributed by atoms with Crippen molar-refractivity contribution < 1.29 is 8.78 Å². The molecule has 0 spiro atoms. The number of nitrogens with zero attached hydrogens (tertiary/aromatic N) is 1. The molecule has 90 valence electrons. The molecule has 2 N–H and O–H groups in total. The van der Waals surface area contributed by atoms with Gasteiger partial charge in [0.2, 0.25) is 0 Å². The number of benzene rings is 1. The van der Waals surface area contributed by atoms with Crippen LogP contribution in [-0.2, 0) is 0 Å². The maximum atomic E-state index is 13.4. The molecule has 0 fully saturated rings. The maximum Gasteiger partial charge on any atom is 0.341 e. The Bertz CT molecular complexity index is 581. The van der Waals surface area contributed by atoms with Crippen molar-refractivity contribution in [3.8, 4) is 0 Å². The van der Waals surface area contributed by atoms with Gasteiger partial charge in [-0.15, -0.1) is 5.10 Å². The summed E-state index contributed by atoms with van der Waals surface area (Å²) >= 11 is 1.14. The van der Waals surface area contributed by atoms with Crippen molar-refractivity contribution in [2.24, 2.45) is 0 Å². The minimum absolute atomic E-state index is 0.235. The molecule has 1 heterocycles. The highest BCUT2D eigenvalue weighted by Gasteiger charge is 2.15. The number of H-pyrrole nitrogens is 2. The molecule has 0 unspecified atom stereocenters. The quantitative estimate of drug-likeness (QED) is 0.829. The Hall–Kier alpha value is -1.63. The Morgan fingerprint density at radius 2 is 2.18 bits per heavy atom. The summed E-state index contributed by atoms with van der Waals surface area (Å²) in [7, 11) is 0. The van der Waals surface area contributed by atoms with Crippen LogP contribution in [0.3, 0.4) is 0 Å². The lowest BCUT2D eigenvalue weighted by atomic mass is 10.1. The van der Waals surface area contributed by atoms with Gasteiger partial charge in [-0.25, -0.2) is 18.7 Å². The summed E-state index contributed by atoms with van der Waals surface area (Å²) in [4.78, 5) is 13.2. The highest BCUT2D eigenvalue weighted by molar-refractivity contribution is 7.99. The summed E-state index contributed by atoms with van der Waals surface area (Å²) in [6, 6.07) is 3.28. The van der Waals surface area contributed by atoms with Gasteiger partial charge in [-0.1, -0.05) is 11.8 Å². The van der Waals surface area contributed by atoms with Crippen LogP contribution in [0.25, 0.3) is 0 Å². The number of hydrogen-bond donors (Lipinski definition) is 2. The monoisotopic (exact) mass is 257 g/mol. The molecule has 0 saturated heterocycles. The van der Waals surface area contributed by atoms with Crippen LogP contribution in [0.2, 0.25) is 0 Å². The van der Waals surface area contributed by atoms with Crippen LogP contribution < -0.4 is 5.69 Å². The van der Waals surface area contributed by atoms with Crippen LogP contribution in [0, 0.1) is 11.6 Å². The summed E-state index contributed by atoms with van der Waals surface area (Å²) in [6.07, 6.45) is 0. The van der Waals surface area contributed by atoms with E-state index >= 15 is 0 Å². The van der Waals surface area contributed by atoms with Crippen LogP contribution >= 0.6 is 11.8 Å². The molecule has 0 aliphatic rings. The molecule has 1 aromatic carbocycles. The molecule has 0 amide bonds. The molecule has 1 aromatic heterocycles. The van der Waals surface area contributed by atoms with E-state index in [4.69, 9.17) is 0 Å². The molecule has 2 aromatic rings. The Labute approximate surface area is 99.5 Å². The van der Waals surface area contributed by atoms with E-state index in [9.17, 15) is 13.6 Å². The van der Waals surface area contributed by atoms with Gasteiger partial charge in [-0.2, -0.15) is 0 Å². The zero-order valence-corrected chi connectivity index (χ0v) is 9.65. The van der Waals surface area contributed by atoms with Gasteiger partial charge in [0.1, 0.15) is 11.6 Å². The summed E-state index contributed by atoms with van der Waals surface area (Å²) in [6.45, 7) is 1.70. The largest absolute Gasteiger partial charge is 0.341 e. The molecule has 17 heavy (non-hydrogen) atoms. The van der Waals surface area contributed by atoms with Crippen LogP contribution in [-0.4, -0.2) is 15.2 Å². The predicted octanol–water partition coefficient (Wildman–Crippen LogP) is 2.23. The minimum Gasteiger partial charge on any atom is -0.284 e.